The Morgan fingerprint density at radius 2 is 2.04 bits per heavy atom. The number of fused-ring (bicyclic) bond motifs is 2. The molecule has 2 aromatic carbocycles. The fraction of sp³-hybridized carbons (Fsp3) is 0.111. The average Bonchev–Trinajstić information content (AvgIpc) is 3.29. The van der Waals surface area contributed by atoms with Gasteiger partial charge in [-0.1, -0.05) is 30.0 Å². The van der Waals surface area contributed by atoms with Gasteiger partial charge in [0.15, 0.2) is 0 Å². The van der Waals surface area contributed by atoms with E-state index in [1.54, 1.807) is 41.9 Å². The number of para-hydroxylation sites is 1. The first-order chi connectivity index (χ1) is 13.0. The van der Waals surface area contributed by atoms with Crippen LogP contribution in [0, 0.1) is 0 Å². The summed E-state index contributed by atoms with van der Waals surface area (Å²) in [5, 5.41) is 1.25. The number of nitrogens with zero attached hydrogens (tertiary/aromatic N) is 2. The molecular weight excluding hydrogens is 404 g/mol. The molecule has 4 rings (SSSR count). The predicted molar refractivity (Wildman–Crippen MR) is 107 cm³/mol. The molecule has 2 aromatic heterocycles. The number of ether oxygens (including phenoxy) is 1. The number of thioether (sulfide) groups is 1. The Morgan fingerprint density at radius 1 is 1.22 bits per heavy atom. The highest BCUT2D eigenvalue weighted by Crippen LogP contribution is 2.33. The fourth-order valence-corrected chi connectivity index (χ4v) is 6.23. The third kappa shape index (κ3) is 3.22. The van der Waals surface area contributed by atoms with E-state index in [0.29, 0.717) is 10.5 Å². The van der Waals surface area contributed by atoms with E-state index in [-0.39, 0.29) is 10.6 Å². The van der Waals surface area contributed by atoms with E-state index < -0.39 is 16.0 Å². The van der Waals surface area contributed by atoms with Crippen molar-refractivity contribution in [1.82, 2.24) is 8.96 Å². The molecule has 0 bridgehead atoms. The van der Waals surface area contributed by atoms with Crippen molar-refractivity contribution in [3.8, 4) is 0 Å². The molecule has 4 aromatic rings. The zero-order chi connectivity index (χ0) is 19.0. The van der Waals surface area contributed by atoms with Crippen molar-refractivity contribution in [2.45, 2.75) is 9.92 Å². The molecule has 0 aliphatic heterocycles. The number of esters is 1. The number of aromatic nitrogens is 2. The highest BCUT2D eigenvalue weighted by molar-refractivity contribution is 8.00. The van der Waals surface area contributed by atoms with Crippen LogP contribution in [0.25, 0.3) is 21.1 Å². The first-order valence-electron chi connectivity index (χ1n) is 7.89. The zero-order valence-corrected chi connectivity index (χ0v) is 16.6. The smallest absolute Gasteiger partial charge is 0.316 e. The fourth-order valence-electron chi connectivity index (χ4n) is 2.75. The minimum Gasteiger partial charge on any atom is -0.468 e. The Balaban J connectivity index is 1.88. The summed E-state index contributed by atoms with van der Waals surface area (Å²) in [6.07, 6.45) is 0. The molecule has 0 saturated carbocycles. The zero-order valence-electron chi connectivity index (χ0n) is 14.2. The molecule has 0 spiro atoms. The Labute approximate surface area is 163 Å². The summed E-state index contributed by atoms with van der Waals surface area (Å²) in [5.41, 5.74) is 3.01. The van der Waals surface area contributed by atoms with Crippen LogP contribution in [-0.2, 0) is 19.6 Å². The van der Waals surface area contributed by atoms with E-state index in [1.807, 2.05) is 12.1 Å². The largest absolute Gasteiger partial charge is 0.468 e. The third-order valence-corrected chi connectivity index (χ3v) is 7.65. The summed E-state index contributed by atoms with van der Waals surface area (Å²) >= 11 is 2.52. The molecule has 0 aliphatic rings. The van der Waals surface area contributed by atoms with Crippen LogP contribution < -0.4 is 0 Å². The summed E-state index contributed by atoms with van der Waals surface area (Å²) < 4.78 is 33.6. The second-order valence-corrected chi connectivity index (χ2v) is 9.33. The van der Waals surface area contributed by atoms with Gasteiger partial charge in [-0.15, -0.1) is 11.3 Å². The molecule has 138 valence electrons. The lowest BCUT2D eigenvalue weighted by molar-refractivity contribution is -0.137. The lowest BCUT2D eigenvalue weighted by Crippen LogP contribution is -2.14. The van der Waals surface area contributed by atoms with Gasteiger partial charge in [0.25, 0.3) is 10.0 Å². The van der Waals surface area contributed by atoms with Crippen LogP contribution in [0.4, 0.5) is 0 Å². The highest BCUT2D eigenvalue weighted by Gasteiger charge is 2.24. The van der Waals surface area contributed by atoms with E-state index in [0.717, 1.165) is 27.4 Å². The molecule has 0 N–H and O–H groups in total. The summed E-state index contributed by atoms with van der Waals surface area (Å²) in [4.78, 5) is 15.9. The van der Waals surface area contributed by atoms with Crippen LogP contribution in [-0.4, -0.2) is 36.2 Å². The molecule has 27 heavy (non-hydrogen) atoms. The lowest BCUT2D eigenvalue weighted by atomic mass is 10.3. The Bertz CT molecular complexity index is 1260. The van der Waals surface area contributed by atoms with Gasteiger partial charge in [-0.2, -0.15) is 0 Å². The Hall–Kier alpha value is -2.36. The van der Waals surface area contributed by atoms with Gasteiger partial charge in [0.2, 0.25) is 0 Å². The molecular formula is C18H14N2O4S3. The monoisotopic (exact) mass is 418 g/mol. The standard InChI is InChI=1S/C18H14N2O4S3/c1-24-18(21)10-25-17-8-12-4-2-3-5-15(12)20(17)27(22,23)13-6-7-14-16(9-13)26-11-19-14/h2-9,11H,10H2,1H3. The van der Waals surface area contributed by atoms with Crippen molar-refractivity contribution in [2.75, 3.05) is 12.9 Å². The van der Waals surface area contributed by atoms with E-state index in [9.17, 15) is 13.2 Å². The quantitative estimate of drug-likeness (QED) is 0.363. The van der Waals surface area contributed by atoms with E-state index in [2.05, 4.69) is 9.72 Å². The molecule has 0 fully saturated rings. The summed E-state index contributed by atoms with van der Waals surface area (Å²) in [6.45, 7) is 0. The molecule has 9 heteroatoms. The van der Waals surface area contributed by atoms with Crippen molar-refractivity contribution in [1.29, 1.82) is 0 Å². The lowest BCUT2D eigenvalue weighted by Gasteiger charge is -2.11. The van der Waals surface area contributed by atoms with Crippen LogP contribution in [0.3, 0.4) is 0 Å². The van der Waals surface area contributed by atoms with Crippen LogP contribution in [0.1, 0.15) is 0 Å². The number of rotatable bonds is 5. The third-order valence-electron chi connectivity index (χ3n) is 4.04. The van der Waals surface area contributed by atoms with Gasteiger partial charge < -0.3 is 4.74 Å². The van der Waals surface area contributed by atoms with Crippen LogP contribution in [0.5, 0.6) is 0 Å². The molecule has 0 saturated heterocycles. The Kier molecular flexibility index (Phi) is 4.67. The molecule has 0 amide bonds. The van der Waals surface area contributed by atoms with Gasteiger partial charge in [-0.25, -0.2) is 17.4 Å². The summed E-state index contributed by atoms with van der Waals surface area (Å²) in [7, 11) is -2.55. The number of hydrogen-bond acceptors (Lipinski definition) is 7. The first kappa shape index (κ1) is 18.0. The van der Waals surface area contributed by atoms with E-state index in [4.69, 9.17) is 0 Å². The van der Waals surface area contributed by atoms with Crippen LogP contribution in [0.2, 0.25) is 0 Å². The van der Waals surface area contributed by atoms with Crippen molar-refractivity contribution in [2.24, 2.45) is 0 Å². The van der Waals surface area contributed by atoms with E-state index in [1.165, 1.54) is 22.4 Å². The van der Waals surface area contributed by atoms with Crippen molar-refractivity contribution in [3.63, 3.8) is 0 Å². The van der Waals surface area contributed by atoms with Gasteiger partial charge in [0.05, 0.1) is 44.0 Å². The summed E-state index contributed by atoms with van der Waals surface area (Å²) in [5.74, 6) is -0.392. The Morgan fingerprint density at radius 3 is 2.85 bits per heavy atom. The van der Waals surface area contributed by atoms with E-state index >= 15 is 0 Å². The molecule has 6 nitrogen and oxygen atoms in total. The topological polar surface area (TPSA) is 78.3 Å². The summed E-state index contributed by atoms with van der Waals surface area (Å²) in [6, 6.07) is 13.9. The number of hydrogen-bond donors (Lipinski definition) is 0. The van der Waals surface area contributed by atoms with Crippen molar-refractivity contribution >= 4 is 60.2 Å². The second kappa shape index (κ2) is 6.99. The number of carbonyl (C=O) groups is 1. The molecule has 0 radical (unpaired) electrons. The van der Waals surface area contributed by atoms with Crippen molar-refractivity contribution in [3.05, 3.63) is 54.0 Å². The maximum atomic E-state index is 13.4. The number of benzene rings is 2. The molecule has 0 atom stereocenters. The van der Waals surface area contributed by atoms with Gasteiger partial charge in [0.1, 0.15) is 0 Å². The van der Waals surface area contributed by atoms with Crippen molar-refractivity contribution < 1.29 is 17.9 Å². The first-order valence-corrected chi connectivity index (χ1v) is 11.2. The predicted octanol–water partition coefficient (Wildman–Crippen LogP) is 3.75. The number of thiazole rings is 1. The molecule has 0 unspecified atom stereocenters. The van der Waals surface area contributed by atoms with Crippen LogP contribution in [0.15, 0.2) is 64.0 Å². The second-order valence-electron chi connectivity index (χ2n) is 5.66. The minimum atomic E-state index is -3.85. The SMILES string of the molecule is COC(=O)CSc1cc2ccccc2n1S(=O)(=O)c1ccc2ncsc2c1. The maximum absolute atomic E-state index is 13.4. The average molecular weight is 419 g/mol. The number of methoxy groups -OCH3 is 1. The molecule has 0 aliphatic carbocycles. The van der Waals surface area contributed by atoms with Crippen LogP contribution >= 0.6 is 23.1 Å². The molecule has 2 heterocycles. The van der Waals surface area contributed by atoms with Gasteiger partial charge >= 0.3 is 5.97 Å². The van der Waals surface area contributed by atoms with Gasteiger partial charge in [-0.05, 0) is 30.3 Å². The maximum Gasteiger partial charge on any atom is 0.316 e. The normalized spacial score (nSPS) is 11.9. The highest BCUT2D eigenvalue weighted by atomic mass is 32.2. The minimum absolute atomic E-state index is 0.0240. The van der Waals surface area contributed by atoms with Gasteiger partial charge in [-0.3, -0.25) is 4.79 Å². The van der Waals surface area contributed by atoms with Gasteiger partial charge in [0, 0.05) is 5.39 Å². The number of carbonyl (C=O) groups excluding carboxylic acids is 1.